The Morgan fingerprint density at radius 2 is 1.75 bits per heavy atom. The summed E-state index contributed by atoms with van der Waals surface area (Å²) in [5.74, 6) is -2.53. The van der Waals surface area contributed by atoms with Gasteiger partial charge >= 0.3 is 11.9 Å². The monoisotopic (exact) mass is 333 g/mol. The van der Waals surface area contributed by atoms with Crippen LogP contribution in [0.2, 0.25) is 0 Å². The van der Waals surface area contributed by atoms with Gasteiger partial charge < -0.3 is 26.7 Å². The van der Waals surface area contributed by atoms with E-state index in [2.05, 4.69) is 4.98 Å². The number of primary amides is 1. The number of aromatic nitrogens is 1. The molecule has 1 atom stereocenters. The Kier molecular flexibility index (Phi) is 5.20. The van der Waals surface area contributed by atoms with E-state index < -0.39 is 11.9 Å². The molecular formula is C16H19N3O5. The van der Waals surface area contributed by atoms with E-state index >= 15 is 0 Å². The molecule has 7 N–H and O–H groups in total. The van der Waals surface area contributed by atoms with Gasteiger partial charge in [-0.25, -0.2) is 0 Å². The number of aromatic amines is 1. The van der Waals surface area contributed by atoms with E-state index in [1.807, 2.05) is 12.3 Å². The Morgan fingerprint density at radius 3 is 2.29 bits per heavy atom. The lowest BCUT2D eigenvalue weighted by Crippen LogP contribution is -2.30. The molecule has 1 aromatic heterocycles. The summed E-state index contributed by atoms with van der Waals surface area (Å²) in [6, 6.07) is 3.75. The minimum absolute atomic E-state index is 0.0759. The minimum Gasteiger partial charge on any atom is -0.481 e. The molecule has 1 amide bonds. The van der Waals surface area contributed by atoms with Crippen molar-refractivity contribution in [2.45, 2.75) is 31.7 Å². The van der Waals surface area contributed by atoms with Crippen LogP contribution in [0.25, 0.3) is 10.9 Å². The van der Waals surface area contributed by atoms with Crippen LogP contribution in [0.3, 0.4) is 0 Å². The Balaban J connectivity index is 0.000000224. The van der Waals surface area contributed by atoms with E-state index in [-0.39, 0.29) is 24.8 Å². The molecule has 128 valence electrons. The van der Waals surface area contributed by atoms with Gasteiger partial charge in [-0.3, -0.25) is 14.4 Å². The maximum Gasteiger partial charge on any atom is 0.303 e. The fraction of sp³-hybridized carbons (Fsp3) is 0.312. The Hall–Kier alpha value is -2.87. The molecule has 0 aliphatic heterocycles. The maximum atomic E-state index is 11.4. The molecule has 0 radical (unpaired) electrons. The first kappa shape index (κ1) is 17.5. The van der Waals surface area contributed by atoms with E-state index in [4.69, 9.17) is 21.7 Å². The third kappa shape index (κ3) is 3.90. The van der Waals surface area contributed by atoms with Crippen molar-refractivity contribution in [2.75, 3.05) is 0 Å². The SMILES string of the molecule is NC(=O)c1ccc2[nH]cc3c2c1CC(N)C3.O=C(O)CCC(=O)O. The van der Waals surface area contributed by atoms with Crippen LogP contribution in [0, 0.1) is 0 Å². The van der Waals surface area contributed by atoms with Gasteiger partial charge in [-0.1, -0.05) is 0 Å². The average Bonchev–Trinajstić information content (AvgIpc) is 2.90. The molecule has 3 rings (SSSR count). The van der Waals surface area contributed by atoms with Crippen molar-refractivity contribution in [1.82, 2.24) is 4.98 Å². The van der Waals surface area contributed by atoms with Crippen LogP contribution in [0.1, 0.15) is 34.3 Å². The largest absolute Gasteiger partial charge is 0.481 e. The normalized spacial score (nSPS) is 15.5. The number of rotatable bonds is 4. The number of H-pyrrole nitrogens is 1. The van der Waals surface area contributed by atoms with Gasteiger partial charge in [0.15, 0.2) is 0 Å². The summed E-state index contributed by atoms with van der Waals surface area (Å²) in [7, 11) is 0. The van der Waals surface area contributed by atoms with E-state index in [1.54, 1.807) is 6.07 Å². The minimum atomic E-state index is -1.08. The van der Waals surface area contributed by atoms with Crippen molar-refractivity contribution in [1.29, 1.82) is 0 Å². The van der Waals surface area contributed by atoms with Crippen LogP contribution in [0.5, 0.6) is 0 Å². The van der Waals surface area contributed by atoms with Crippen LogP contribution in [-0.4, -0.2) is 39.1 Å². The third-order valence-corrected chi connectivity index (χ3v) is 3.80. The number of amides is 1. The predicted molar refractivity (Wildman–Crippen MR) is 86.7 cm³/mol. The molecule has 1 aromatic carbocycles. The summed E-state index contributed by atoms with van der Waals surface area (Å²) >= 11 is 0. The Bertz CT molecular complexity index is 782. The van der Waals surface area contributed by atoms with Gasteiger partial charge in [-0.05, 0) is 36.1 Å². The molecule has 0 fully saturated rings. The van der Waals surface area contributed by atoms with Crippen molar-refractivity contribution < 1.29 is 24.6 Å². The van der Waals surface area contributed by atoms with Gasteiger partial charge in [-0.15, -0.1) is 0 Å². The number of nitrogens with two attached hydrogens (primary N) is 2. The molecule has 1 heterocycles. The average molecular weight is 333 g/mol. The van der Waals surface area contributed by atoms with Crippen molar-refractivity contribution in [3.05, 3.63) is 35.0 Å². The second-order valence-electron chi connectivity index (χ2n) is 5.65. The van der Waals surface area contributed by atoms with E-state index in [0.717, 1.165) is 29.3 Å². The number of aliphatic carboxylic acids is 2. The number of hydrogen-bond donors (Lipinski definition) is 5. The fourth-order valence-corrected chi connectivity index (χ4v) is 2.81. The van der Waals surface area contributed by atoms with Crippen molar-refractivity contribution in [3.63, 3.8) is 0 Å². The summed E-state index contributed by atoms with van der Waals surface area (Å²) < 4.78 is 0. The molecule has 0 saturated carbocycles. The third-order valence-electron chi connectivity index (χ3n) is 3.80. The highest BCUT2D eigenvalue weighted by Gasteiger charge is 2.23. The molecule has 1 aliphatic rings. The summed E-state index contributed by atoms with van der Waals surface area (Å²) in [4.78, 5) is 33.8. The van der Waals surface area contributed by atoms with Gasteiger partial charge in [-0.2, -0.15) is 0 Å². The summed E-state index contributed by atoms with van der Waals surface area (Å²) in [5.41, 5.74) is 15.2. The highest BCUT2D eigenvalue weighted by atomic mass is 16.4. The van der Waals surface area contributed by atoms with Crippen LogP contribution < -0.4 is 11.5 Å². The number of hydrogen-bond acceptors (Lipinski definition) is 4. The van der Waals surface area contributed by atoms with Crippen molar-refractivity contribution in [2.24, 2.45) is 11.5 Å². The molecule has 8 nitrogen and oxygen atoms in total. The predicted octanol–water partition coefficient (Wildman–Crippen LogP) is 0.628. The fourth-order valence-electron chi connectivity index (χ4n) is 2.81. The molecule has 0 spiro atoms. The zero-order chi connectivity index (χ0) is 17.9. The molecule has 0 saturated heterocycles. The standard InChI is InChI=1S/C12H13N3O.C4H6O4/c13-7-3-6-5-15-10-2-1-8(12(14)16)9(4-7)11(6)10;5-3(6)1-2-4(7)8/h1-2,5,7,15H,3-4,13H2,(H2,14,16);1-2H2,(H,5,6)(H,7,8). The Labute approximate surface area is 137 Å². The van der Waals surface area contributed by atoms with Crippen molar-refractivity contribution in [3.8, 4) is 0 Å². The van der Waals surface area contributed by atoms with Gasteiger partial charge in [0, 0.05) is 28.7 Å². The number of carboxylic acids is 2. The molecular weight excluding hydrogens is 314 g/mol. The van der Waals surface area contributed by atoms with Gasteiger partial charge in [0.25, 0.3) is 0 Å². The van der Waals surface area contributed by atoms with Crippen LogP contribution in [0.15, 0.2) is 18.3 Å². The van der Waals surface area contributed by atoms with E-state index in [0.29, 0.717) is 5.56 Å². The number of carbonyl (C=O) groups excluding carboxylic acids is 1. The molecule has 2 aromatic rings. The first-order valence-electron chi connectivity index (χ1n) is 7.40. The lowest BCUT2D eigenvalue weighted by Gasteiger charge is -2.20. The number of carbonyl (C=O) groups is 3. The summed E-state index contributed by atoms with van der Waals surface area (Å²) in [6.07, 6.45) is 2.96. The van der Waals surface area contributed by atoms with E-state index in [9.17, 15) is 14.4 Å². The molecule has 0 bridgehead atoms. The molecule has 8 heteroatoms. The highest BCUT2D eigenvalue weighted by molar-refractivity contribution is 6.01. The summed E-state index contributed by atoms with van der Waals surface area (Å²) in [5, 5.41) is 16.9. The van der Waals surface area contributed by atoms with E-state index in [1.165, 1.54) is 5.56 Å². The topological polar surface area (TPSA) is 160 Å². The second-order valence-corrected chi connectivity index (χ2v) is 5.65. The molecule has 1 unspecified atom stereocenters. The van der Waals surface area contributed by atoms with Crippen molar-refractivity contribution >= 4 is 28.7 Å². The maximum absolute atomic E-state index is 11.4. The van der Waals surface area contributed by atoms with Crippen LogP contribution >= 0.6 is 0 Å². The zero-order valence-electron chi connectivity index (χ0n) is 12.9. The quantitative estimate of drug-likeness (QED) is 0.551. The highest BCUT2D eigenvalue weighted by Crippen LogP contribution is 2.31. The molecule has 1 aliphatic carbocycles. The second kappa shape index (κ2) is 7.14. The number of benzene rings is 1. The number of carboxylic acid groups (broad SMARTS) is 2. The zero-order valence-corrected chi connectivity index (χ0v) is 12.9. The lowest BCUT2D eigenvalue weighted by atomic mass is 9.86. The van der Waals surface area contributed by atoms with Crippen LogP contribution in [-0.2, 0) is 22.4 Å². The summed E-state index contributed by atoms with van der Waals surface area (Å²) in [6.45, 7) is 0. The van der Waals surface area contributed by atoms with Gasteiger partial charge in [0.05, 0.1) is 12.8 Å². The van der Waals surface area contributed by atoms with Crippen LogP contribution in [0.4, 0.5) is 0 Å². The van der Waals surface area contributed by atoms with Gasteiger partial charge in [0.1, 0.15) is 0 Å². The molecule has 24 heavy (non-hydrogen) atoms. The Morgan fingerprint density at radius 1 is 1.12 bits per heavy atom. The smallest absolute Gasteiger partial charge is 0.303 e. The first-order valence-corrected chi connectivity index (χ1v) is 7.40. The first-order chi connectivity index (χ1) is 11.3. The lowest BCUT2D eigenvalue weighted by molar-refractivity contribution is -0.143. The number of nitrogens with one attached hydrogen (secondary N) is 1. The van der Waals surface area contributed by atoms with Gasteiger partial charge in [0.2, 0.25) is 5.91 Å².